The Balaban J connectivity index is 2.17. The minimum Gasteiger partial charge on any atom is -0.490 e. The third-order valence-corrected chi connectivity index (χ3v) is 3.25. The number of hydrogen-bond acceptors (Lipinski definition) is 5. The highest BCUT2D eigenvalue weighted by molar-refractivity contribution is 5.97. The van der Waals surface area contributed by atoms with Gasteiger partial charge in [0.25, 0.3) is 0 Å². The van der Waals surface area contributed by atoms with Crippen LogP contribution in [-0.2, 0) is 4.74 Å². The summed E-state index contributed by atoms with van der Waals surface area (Å²) in [6.07, 6.45) is 2.24. The van der Waals surface area contributed by atoms with Gasteiger partial charge in [0.2, 0.25) is 5.58 Å². The van der Waals surface area contributed by atoms with Crippen LogP contribution in [0.3, 0.4) is 0 Å². The highest BCUT2D eigenvalue weighted by atomic mass is 16.5. The van der Waals surface area contributed by atoms with E-state index in [1.54, 1.807) is 12.1 Å². The van der Waals surface area contributed by atoms with Crippen LogP contribution in [0.2, 0.25) is 0 Å². The average Bonchev–Trinajstić information content (AvgIpc) is 3.18. The predicted octanol–water partition coefficient (Wildman–Crippen LogP) is 2.89. The summed E-state index contributed by atoms with van der Waals surface area (Å²) in [5, 5.41) is 4.97. The Morgan fingerprint density at radius 2 is 2.26 bits per heavy atom. The third kappa shape index (κ3) is 2.05. The molecule has 0 N–H and O–H groups in total. The summed E-state index contributed by atoms with van der Waals surface area (Å²) in [6.45, 7) is 2.38. The largest absolute Gasteiger partial charge is 0.490 e. The molecule has 5 heteroatoms. The van der Waals surface area contributed by atoms with E-state index in [1.807, 2.05) is 6.92 Å². The van der Waals surface area contributed by atoms with Crippen molar-refractivity contribution in [1.82, 2.24) is 5.16 Å². The number of carbonyl (C=O) groups excluding carboxylic acids is 1. The zero-order valence-electron chi connectivity index (χ0n) is 10.9. The van der Waals surface area contributed by atoms with E-state index in [4.69, 9.17) is 14.0 Å². The number of benzene rings is 1. The molecular formula is C14H15NO4. The van der Waals surface area contributed by atoms with Crippen LogP contribution in [-0.4, -0.2) is 24.8 Å². The smallest absolute Gasteiger partial charge is 0.338 e. The Labute approximate surface area is 110 Å². The number of rotatable bonds is 4. The quantitative estimate of drug-likeness (QED) is 0.792. The highest BCUT2D eigenvalue weighted by Crippen LogP contribution is 2.44. The van der Waals surface area contributed by atoms with E-state index in [-0.39, 0.29) is 5.97 Å². The Bertz CT molecular complexity index is 628. The first-order valence-corrected chi connectivity index (χ1v) is 6.39. The molecule has 1 aromatic carbocycles. The second kappa shape index (κ2) is 4.57. The minimum atomic E-state index is -0.384. The molecule has 1 aromatic heterocycles. The van der Waals surface area contributed by atoms with E-state index in [9.17, 15) is 4.79 Å². The molecule has 0 atom stereocenters. The van der Waals surface area contributed by atoms with Crippen molar-refractivity contribution in [3.8, 4) is 5.75 Å². The lowest BCUT2D eigenvalue weighted by Crippen LogP contribution is -2.02. The maximum absolute atomic E-state index is 11.7. The van der Waals surface area contributed by atoms with Crippen LogP contribution in [0.15, 0.2) is 16.7 Å². The number of ether oxygens (including phenoxy) is 2. The lowest BCUT2D eigenvalue weighted by molar-refractivity contribution is 0.0600. The fraction of sp³-hybridized carbons (Fsp3) is 0.429. The second-order valence-electron chi connectivity index (χ2n) is 4.62. The number of fused-ring (bicyclic) bond motifs is 1. The molecule has 0 radical (unpaired) electrons. The monoisotopic (exact) mass is 261 g/mol. The fourth-order valence-corrected chi connectivity index (χ4v) is 2.18. The van der Waals surface area contributed by atoms with Gasteiger partial charge in [-0.3, -0.25) is 0 Å². The molecule has 0 amide bonds. The van der Waals surface area contributed by atoms with E-state index in [2.05, 4.69) is 5.16 Å². The van der Waals surface area contributed by atoms with Gasteiger partial charge in [-0.15, -0.1) is 0 Å². The molecule has 0 unspecified atom stereocenters. The molecule has 100 valence electrons. The van der Waals surface area contributed by atoms with Gasteiger partial charge in [0, 0.05) is 11.3 Å². The number of methoxy groups -OCH3 is 1. The van der Waals surface area contributed by atoms with Gasteiger partial charge in [-0.1, -0.05) is 5.16 Å². The highest BCUT2D eigenvalue weighted by Gasteiger charge is 2.30. The molecule has 1 aliphatic carbocycles. The van der Waals surface area contributed by atoms with E-state index in [0.717, 1.165) is 23.9 Å². The van der Waals surface area contributed by atoms with Crippen molar-refractivity contribution in [3.63, 3.8) is 0 Å². The molecule has 3 rings (SSSR count). The van der Waals surface area contributed by atoms with Crippen LogP contribution in [0.5, 0.6) is 5.75 Å². The molecule has 0 bridgehead atoms. The van der Waals surface area contributed by atoms with Crippen molar-refractivity contribution in [2.75, 3.05) is 13.7 Å². The van der Waals surface area contributed by atoms with Gasteiger partial charge in [0.05, 0.1) is 25.0 Å². The predicted molar refractivity (Wildman–Crippen MR) is 68.5 cm³/mol. The van der Waals surface area contributed by atoms with E-state index in [0.29, 0.717) is 29.4 Å². The first-order chi connectivity index (χ1) is 9.24. The number of aromatic nitrogens is 1. The van der Waals surface area contributed by atoms with Crippen LogP contribution in [0.4, 0.5) is 0 Å². The normalized spacial score (nSPS) is 14.6. The number of esters is 1. The molecule has 0 aliphatic heterocycles. The SMILES string of the molecule is CCOc1cc(C(=O)OC)cc2c(C3CC3)noc12. The van der Waals surface area contributed by atoms with Crippen LogP contribution in [0.25, 0.3) is 11.0 Å². The van der Waals surface area contributed by atoms with Gasteiger partial charge in [0.15, 0.2) is 5.75 Å². The van der Waals surface area contributed by atoms with Crippen molar-refractivity contribution >= 4 is 16.9 Å². The number of hydrogen-bond donors (Lipinski definition) is 0. The van der Waals surface area contributed by atoms with Gasteiger partial charge in [-0.05, 0) is 31.9 Å². The third-order valence-electron chi connectivity index (χ3n) is 3.25. The number of nitrogens with zero attached hydrogens (tertiary/aromatic N) is 1. The molecule has 2 aromatic rings. The summed E-state index contributed by atoms with van der Waals surface area (Å²) in [5.74, 6) is 0.606. The maximum Gasteiger partial charge on any atom is 0.338 e. The molecule has 19 heavy (non-hydrogen) atoms. The Kier molecular flexibility index (Phi) is 2.89. The molecule has 0 saturated heterocycles. The van der Waals surface area contributed by atoms with Crippen molar-refractivity contribution in [2.45, 2.75) is 25.7 Å². The summed E-state index contributed by atoms with van der Waals surface area (Å²) in [5.41, 5.74) is 1.99. The second-order valence-corrected chi connectivity index (χ2v) is 4.62. The zero-order valence-corrected chi connectivity index (χ0v) is 10.9. The molecule has 0 spiro atoms. The average molecular weight is 261 g/mol. The van der Waals surface area contributed by atoms with E-state index in [1.165, 1.54) is 7.11 Å². The molecule has 5 nitrogen and oxygen atoms in total. The Morgan fingerprint density at radius 3 is 2.89 bits per heavy atom. The molecule has 1 heterocycles. The van der Waals surface area contributed by atoms with Crippen LogP contribution < -0.4 is 4.74 Å². The first-order valence-electron chi connectivity index (χ1n) is 6.39. The van der Waals surface area contributed by atoms with Gasteiger partial charge in [0.1, 0.15) is 0 Å². The molecule has 1 saturated carbocycles. The van der Waals surface area contributed by atoms with Crippen LogP contribution in [0.1, 0.15) is 41.7 Å². The van der Waals surface area contributed by atoms with Gasteiger partial charge >= 0.3 is 5.97 Å². The first kappa shape index (κ1) is 12.0. The van der Waals surface area contributed by atoms with Crippen LogP contribution >= 0.6 is 0 Å². The lowest BCUT2D eigenvalue weighted by atomic mass is 10.1. The standard InChI is InChI=1S/C14H15NO4/c1-3-18-11-7-9(14(16)17-2)6-10-12(8-4-5-8)15-19-13(10)11/h6-8H,3-5H2,1-2H3. The number of carbonyl (C=O) groups is 1. The van der Waals surface area contributed by atoms with Gasteiger partial charge in [-0.2, -0.15) is 0 Å². The van der Waals surface area contributed by atoms with E-state index < -0.39 is 0 Å². The summed E-state index contributed by atoms with van der Waals surface area (Å²) in [4.78, 5) is 11.7. The van der Waals surface area contributed by atoms with Crippen molar-refractivity contribution in [2.24, 2.45) is 0 Å². The lowest BCUT2D eigenvalue weighted by Gasteiger charge is -2.06. The summed E-state index contributed by atoms with van der Waals surface area (Å²) < 4.78 is 15.7. The summed E-state index contributed by atoms with van der Waals surface area (Å²) in [7, 11) is 1.36. The molecular weight excluding hydrogens is 246 g/mol. The van der Waals surface area contributed by atoms with Gasteiger partial charge in [-0.25, -0.2) is 4.79 Å². The minimum absolute atomic E-state index is 0.384. The summed E-state index contributed by atoms with van der Waals surface area (Å²) >= 11 is 0. The van der Waals surface area contributed by atoms with Crippen molar-refractivity contribution in [1.29, 1.82) is 0 Å². The summed E-state index contributed by atoms with van der Waals surface area (Å²) in [6, 6.07) is 3.41. The van der Waals surface area contributed by atoms with Crippen LogP contribution in [0, 0.1) is 0 Å². The topological polar surface area (TPSA) is 61.6 Å². The maximum atomic E-state index is 11.7. The Morgan fingerprint density at radius 1 is 1.47 bits per heavy atom. The fourth-order valence-electron chi connectivity index (χ4n) is 2.18. The van der Waals surface area contributed by atoms with E-state index >= 15 is 0 Å². The van der Waals surface area contributed by atoms with Crippen molar-refractivity contribution < 1.29 is 18.8 Å². The molecule has 1 fully saturated rings. The molecule has 1 aliphatic rings. The van der Waals surface area contributed by atoms with Gasteiger partial charge < -0.3 is 14.0 Å². The Hall–Kier alpha value is -2.04. The van der Waals surface area contributed by atoms with Crippen molar-refractivity contribution in [3.05, 3.63) is 23.4 Å². The zero-order chi connectivity index (χ0) is 13.4.